The minimum atomic E-state index is -0.577. The first-order valence-electron chi connectivity index (χ1n) is 9.28. The van der Waals surface area contributed by atoms with Gasteiger partial charge in [0.1, 0.15) is 5.82 Å². The zero-order valence-electron chi connectivity index (χ0n) is 16.4. The van der Waals surface area contributed by atoms with Crippen molar-refractivity contribution in [3.8, 4) is 0 Å². The highest BCUT2D eigenvalue weighted by Crippen LogP contribution is 2.40. The van der Waals surface area contributed by atoms with E-state index in [4.69, 9.17) is 4.74 Å². The number of carbonyl (C=O) groups is 1. The highest BCUT2D eigenvalue weighted by atomic mass is 32.2. The standard InChI is InChI=1S/C20H24N4O3S/c1-5-10-28-20-23-17-16(18(25)24-20)15(13-6-8-21-9-7-13)14(12(4)22-17)19(26)27-11(2)3/h6-9,11,15H,5,10H2,1-4H3,(H2,22,23,24,25)/t15-/m1/s1. The number of pyridine rings is 1. The topological polar surface area (TPSA) is 97.0 Å². The van der Waals surface area contributed by atoms with Crippen LogP contribution in [0.3, 0.4) is 0 Å². The summed E-state index contributed by atoms with van der Waals surface area (Å²) >= 11 is 1.50. The summed E-state index contributed by atoms with van der Waals surface area (Å²) in [6, 6.07) is 3.60. The first kappa shape index (κ1) is 20.1. The predicted octanol–water partition coefficient (Wildman–Crippen LogP) is 3.45. The molecule has 2 aromatic rings. The molecule has 0 aliphatic carbocycles. The Morgan fingerprint density at radius 2 is 2.04 bits per heavy atom. The Hall–Kier alpha value is -2.61. The van der Waals surface area contributed by atoms with Crippen LogP contribution in [0.15, 0.2) is 45.7 Å². The van der Waals surface area contributed by atoms with Gasteiger partial charge in [-0.1, -0.05) is 18.7 Å². The number of allylic oxidation sites excluding steroid dienone is 1. The lowest BCUT2D eigenvalue weighted by Gasteiger charge is -2.29. The van der Waals surface area contributed by atoms with Gasteiger partial charge in [-0.15, -0.1) is 0 Å². The summed E-state index contributed by atoms with van der Waals surface area (Å²) < 4.78 is 5.45. The summed E-state index contributed by atoms with van der Waals surface area (Å²) in [7, 11) is 0. The molecular weight excluding hydrogens is 376 g/mol. The van der Waals surface area contributed by atoms with Gasteiger partial charge in [0, 0.05) is 23.8 Å². The van der Waals surface area contributed by atoms with E-state index in [1.165, 1.54) is 11.8 Å². The molecule has 7 nitrogen and oxygen atoms in total. The Morgan fingerprint density at radius 3 is 2.68 bits per heavy atom. The third kappa shape index (κ3) is 4.11. The lowest BCUT2D eigenvalue weighted by Crippen LogP contribution is -2.31. The number of H-pyrrole nitrogens is 1. The molecule has 0 amide bonds. The van der Waals surface area contributed by atoms with Crippen molar-refractivity contribution in [2.24, 2.45) is 0 Å². The largest absolute Gasteiger partial charge is 0.460 e. The number of thioether (sulfide) groups is 1. The van der Waals surface area contributed by atoms with Gasteiger partial charge in [0.2, 0.25) is 0 Å². The lowest BCUT2D eigenvalue weighted by molar-refractivity contribution is -0.143. The number of carbonyl (C=O) groups excluding carboxylic acids is 1. The molecular formula is C20H24N4O3S. The molecule has 8 heteroatoms. The summed E-state index contributed by atoms with van der Waals surface area (Å²) in [6.07, 6.45) is 4.00. The molecule has 28 heavy (non-hydrogen) atoms. The van der Waals surface area contributed by atoms with Gasteiger partial charge in [0.25, 0.3) is 5.56 Å². The fourth-order valence-electron chi connectivity index (χ4n) is 3.14. The van der Waals surface area contributed by atoms with Crippen LogP contribution in [0.5, 0.6) is 0 Å². The Labute approximate surface area is 168 Å². The first-order chi connectivity index (χ1) is 13.4. The van der Waals surface area contributed by atoms with Crippen LogP contribution in [-0.4, -0.2) is 32.8 Å². The van der Waals surface area contributed by atoms with Gasteiger partial charge in [-0.2, -0.15) is 0 Å². The van der Waals surface area contributed by atoms with Gasteiger partial charge in [-0.25, -0.2) is 9.78 Å². The molecule has 1 atom stereocenters. The van der Waals surface area contributed by atoms with Crippen LogP contribution in [0.4, 0.5) is 5.82 Å². The van der Waals surface area contributed by atoms with Crippen molar-refractivity contribution < 1.29 is 9.53 Å². The smallest absolute Gasteiger partial charge is 0.337 e. The first-order valence-corrected chi connectivity index (χ1v) is 10.3. The Kier molecular flexibility index (Phi) is 6.18. The SMILES string of the molecule is CCCSc1nc2c(c(=O)[nH]1)[C@H](c1ccncc1)C(C(=O)OC(C)C)=C(C)N2. The highest BCUT2D eigenvalue weighted by Gasteiger charge is 2.36. The van der Waals surface area contributed by atoms with E-state index in [0.29, 0.717) is 27.8 Å². The summed E-state index contributed by atoms with van der Waals surface area (Å²) in [5.74, 6) is 0.307. The predicted molar refractivity (Wildman–Crippen MR) is 110 cm³/mol. The van der Waals surface area contributed by atoms with E-state index in [1.807, 2.05) is 0 Å². The minimum absolute atomic E-state index is 0.264. The number of anilines is 1. The minimum Gasteiger partial charge on any atom is -0.460 e. The average molecular weight is 401 g/mol. The second-order valence-electron chi connectivity index (χ2n) is 6.81. The normalized spacial score (nSPS) is 16.0. The number of nitrogens with one attached hydrogen (secondary N) is 2. The molecule has 0 bridgehead atoms. The molecule has 0 unspecified atom stereocenters. The highest BCUT2D eigenvalue weighted by molar-refractivity contribution is 7.99. The second kappa shape index (κ2) is 8.60. The molecule has 2 N–H and O–H groups in total. The van der Waals surface area contributed by atoms with Gasteiger partial charge >= 0.3 is 5.97 Å². The number of rotatable bonds is 6. The number of aromatic amines is 1. The van der Waals surface area contributed by atoms with Crippen molar-refractivity contribution in [3.05, 3.63) is 57.3 Å². The van der Waals surface area contributed by atoms with Gasteiger partial charge in [0.15, 0.2) is 5.16 Å². The van der Waals surface area contributed by atoms with Crippen LogP contribution in [0.1, 0.15) is 51.2 Å². The number of hydrogen-bond donors (Lipinski definition) is 2. The Balaban J connectivity index is 2.16. The molecule has 3 rings (SSSR count). The number of nitrogens with zero attached hydrogens (tertiary/aromatic N) is 2. The van der Waals surface area contributed by atoms with Crippen LogP contribution < -0.4 is 10.9 Å². The van der Waals surface area contributed by atoms with E-state index < -0.39 is 11.9 Å². The number of hydrogen-bond acceptors (Lipinski definition) is 7. The van der Waals surface area contributed by atoms with E-state index in [0.717, 1.165) is 17.7 Å². The molecule has 0 aromatic carbocycles. The molecule has 1 aliphatic heterocycles. The van der Waals surface area contributed by atoms with Crippen LogP contribution in [-0.2, 0) is 9.53 Å². The van der Waals surface area contributed by atoms with Gasteiger partial charge < -0.3 is 15.0 Å². The number of fused-ring (bicyclic) bond motifs is 1. The maximum atomic E-state index is 13.0. The summed E-state index contributed by atoms with van der Waals surface area (Å²) in [4.78, 5) is 37.3. The van der Waals surface area contributed by atoms with E-state index in [9.17, 15) is 9.59 Å². The molecule has 0 radical (unpaired) electrons. The zero-order valence-corrected chi connectivity index (χ0v) is 17.2. The number of ether oxygens (including phenoxy) is 1. The third-order valence-electron chi connectivity index (χ3n) is 4.27. The van der Waals surface area contributed by atoms with E-state index in [1.54, 1.807) is 45.3 Å². The van der Waals surface area contributed by atoms with Crippen LogP contribution >= 0.6 is 11.8 Å². The quantitative estimate of drug-likeness (QED) is 0.435. The fourth-order valence-corrected chi connectivity index (χ4v) is 3.85. The Morgan fingerprint density at radius 1 is 1.32 bits per heavy atom. The van der Waals surface area contributed by atoms with Crippen molar-refractivity contribution in [1.29, 1.82) is 0 Å². The van der Waals surface area contributed by atoms with Crippen molar-refractivity contribution in [2.45, 2.75) is 51.3 Å². The maximum Gasteiger partial charge on any atom is 0.337 e. The van der Waals surface area contributed by atoms with Crippen molar-refractivity contribution in [2.75, 3.05) is 11.1 Å². The van der Waals surface area contributed by atoms with E-state index in [-0.39, 0.29) is 11.7 Å². The number of aromatic nitrogens is 3. The molecule has 2 aromatic heterocycles. The number of esters is 1. The van der Waals surface area contributed by atoms with Crippen molar-refractivity contribution in [3.63, 3.8) is 0 Å². The average Bonchev–Trinajstić information content (AvgIpc) is 2.65. The maximum absolute atomic E-state index is 13.0. The van der Waals surface area contributed by atoms with E-state index in [2.05, 4.69) is 27.2 Å². The zero-order chi connectivity index (χ0) is 20.3. The second-order valence-corrected chi connectivity index (χ2v) is 7.90. The summed E-state index contributed by atoms with van der Waals surface area (Å²) in [5.41, 5.74) is 1.97. The molecule has 0 saturated heterocycles. The fraction of sp³-hybridized carbons (Fsp3) is 0.400. The van der Waals surface area contributed by atoms with Crippen molar-refractivity contribution in [1.82, 2.24) is 15.0 Å². The molecule has 0 spiro atoms. The van der Waals surface area contributed by atoms with Gasteiger partial charge in [-0.05, 0) is 44.9 Å². The van der Waals surface area contributed by atoms with Crippen LogP contribution in [0, 0.1) is 0 Å². The molecule has 1 aliphatic rings. The Bertz CT molecular complexity index is 954. The molecule has 0 fully saturated rings. The van der Waals surface area contributed by atoms with Crippen LogP contribution in [0.2, 0.25) is 0 Å². The van der Waals surface area contributed by atoms with Crippen molar-refractivity contribution >= 4 is 23.5 Å². The van der Waals surface area contributed by atoms with Crippen LogP contribution in [0.25, 0.3) is 0 Å². The molecule has 3 heterocycles. The monoisotopic (exact) mass is 400 g/mol. The van der Waals surface area contributed by atoms with E-state index >= 15 is 0 Å². The van der Waals surface area contributed by atoms with Gasteiger partial charge in [0.05, 0.1) is 23.2 Å². The third-order valence-corrected chi connectivity index (χ3v) is 5.34. The molecule has 148 valence electrons. The lowest BCUT2D eigenvalue weighted by atomic mass is 9.83. The van der Waals surface area contributed by atoms with Gasteiger partial charge in [-0.3, -0.25) is 9.78 Å². The summed E-state index contributed by atoms with van der Waals surface area (Å²) in [5, 5.41) is 3.70. The molecule has 0 saturated carbocycles. The summed E-state index contributed by atoms with van der Waals surface area (Å²) in [6.45, 7) is 7.46.